The number of benzene rings is 1. The summed E-state index contributed by atoms with van der Waals surface area (Å²) in [5.74, 6) is 0. The quantitative estimate of drug-likeness (QED) is 0.608. The van der Waals surface area contributed by atoms with Gasteiger partial charge in [-0.1, -0.05) is 63.6 Å². The number of nitrogens with zero attached hydrogens (tertiary/aromatic N) is 1. The van der Waals surface area contributed by atoms with Gasteiger partial charge in [-0.05, 0) is 37.1 Å². The van der Waals surface area contributed by atoms with Crippen molar-refractivity contribution in [2.24, 2.45) is 0 Å². The monoisotopic (exact) mass is 245 g/mol. The molecule has 0 radical (unpaired) electrons. The van der Waals surface area contributed by atoms with Crippen LogP contribution in [0.5, 0.6) is 0 Å². The summed E-state index contributed by atoms with van der Waals surface area (Å²) in [5.41, 5.74) is 2.62. The van der Waals surface area contributed by atoms with Crippen molar-refractivity contribution in [2.45, 2.75) is 46.1 Å². The summed E-state index contributed by atoms with van der Waals surface area (Å²) >= 11 is 0. The van der Waals surface area contributed by atoms with Crippen LogP contribution in [0.3, 0.4) is 0 Å². The summed E-state index contributed by atoms with van der Waals surface area (Å²) in [7, 11) is 0. The minimum absolute atomic E-state index is 1.07. The maximum absolute atomic E-state index is 3.84. The molecule has 1 nitrogen and oxygen atoms in total. The zero-order chi connectivity index (χ0) is 13.2. The van der Waals surface area contributed by atoms with E-state index < -0.39 is 0 Å². The summed E-state index contributed by atoms with van der Waals surface area (Å²) in [6.07, 6.45) is 7.06. The largest absolute Gasteiger partial charge is 0.299 e. The van der Waals surface area contributed by atoms with Crippen LogP contribution in [-0.2, 0) is 6.54 Å². The Morgan fingerprint density at radius 2 is 1.78 bits per heavy atom. The van der Waals surface area contributed by atoms with Crippen molar-refractivity contribution in [1.29, 1.82) is 0 Å². The highest BCUT2D eigenvalue weighted by atomic mass is 15.1. The van der Waals surface area contributed by atoms with Crippen molar-refractivity contribution in [3.63, 3.8) is 0 Å². The van der Waals surface area contributed by atoms with Crippen molar-refractivity contribution in [1.82, 2.24) is 4.90 Å². The maximum Gasteiger partial charge on any atom is 0.0233 e. The average molecular weight is 245 g/mol. The van der Waals surface area contributed by atoms with Crippen molar-refractivity contribution in [3.8, 4) is 0 Å². The Morgan fingerprint density at radius 3 is 2.33 bits per heavy atom. The molecule has 0 aliphatic heterocycles. The third-order valence-corrected chi connectivity index (χ3v) is 3.25. The zero-order valence-corrected chi connectivity index (χ0v) is 12.0. The first kappa shape index (κ1) is 15.0. The number of rotatable bonds is 9. The van der Waals surface area contributed by atoms with Gasteiger partial charge in [-0.15, -0.1) is 0 Å². The van der Waals surface area contributed by atoms with Gasteiger partial charge in [0.05, 0.1) is 0 Å². The predicted molar refractivity (Wildman–Crippen MR) is 81.6 cm³/mol. The summed E-state index contributed by atoms with van der Waals surface area (Å²) in [6, 6.07) is 8.71. The molecule has 0 bridgehead atoms. The van der Waals surface area contributed by atoms with E-state index >= 15 is 0 Å². The molecule has 1 rings (SSSR count). The normalized spacial score (nSPS) is 10.8. The molecule has 0 aromatic heterocycles. The third kappa shape index (κ3) is 5.50. The van der Waals surface area contributed by atoms with Crippen LogP contribution in [0.15, 0.2) is 30.8 Å². The Hall–Kier alpha value is -1.08. The Bertz CT molecular complexity index is 335. The topological polar surface area (TPSA) is 3.24 Å². The molecule has 100 valence electrons. The van der Waals surface area contributed by atoms with Crippen LogP contribution in [0.1, 0.15) is 50.7 Å². The number of hydrogen-bond donors (Lipinski definition) is 0. The predicted octanol–water partition coefficient (Wildman–Crippen LogP) is 4.73. The summed E-state index contributed by atoms with van der Waals surface area (Å²) in [4.78, 5) is 2.58. The molecule has 0 saturated carbocycles. The second-order valence-electron chi connectivity index (χ2n) is 4.93. The van der Waals surface area contributed by atoms with E-state index in [1.165, 1.54) is 49.9 Å². The highest BCUT2D eigenvalue weighted by molar-refractivity contribution is 5.47. The lowest BCUT2D eigenvalue weighted by Crippen LogP contribution is -2.25. The maximum atomic E-state index is 3.84. The Labute approximate surface area is 113 Å². The van der Waals surface area contributed by atoms with Gasteiger partial charge in [-0.3, -0.25) is 4.90 Å². The van der Waals surface area contributed by atoms with Crippen LogP contribution in [0.2, 0.25) is 0 Å². The van der Waals surface area contributed by atoms with Crippen LogP contribution < -0.4 is 0 Å². The van der Waals surface area contributed by atoms with E-state index in [4.69, 9.17) is 0 Å². The summed E-state index contributed by atoms with van der Waals surface area (Å²) in [6.45, 7) is 11.9. The number of unbranched alkanes of at least 4 members (excludes halogenated alkanes) is 2. The fourth-order valence-electron chi connectivity index (χ4n) is 2.11. The van der Waals surface area contributed by atoms with Crippen molar-refractivity contribution in [3.05, 3.63) is 42.0 Å². The molecule has 0 atom stereocenters. The Balaban J connectivity index is 2.59. The zero-order valence-electron chi connectivity index (χ0n) is 12.0. The molecule has 0 aliphatic carbocycles. The van der Waals surface area contributed by atoms with E-state index in [2.05, 4.69) is 49.6 Å². The molecule has 0 unspecified atom stereocenters. The molecular formula is C17H27N. The lowest BCUT2D eigenvalue weighted by atomic mass is 10.1. The van der Waals surface area contributed by atoms with Gasteiger partial charge in [0.1, 0.15) is 0 Å². The van der Waals surface area contributed by atoms with Crippen molar-refractivity contribution in [2.75, 3.05) is 13.1 Å². The highest BCUT2D eigenvalue weighted by Crippen LogP contribution is 2.11. The lowest BCUT2D eigenvalue weighted by Gasteiger charge is -2.22. The van der Waals surface area contributed by atoms with Gasteiger partial charge in [-0.2, -0.15) is 0 Å². The first-order valence-corrected chi connectivity index (χ1v) is 7.23. The van der Waals surface area contributed by atoms with Gasteiger partial charge in [0.25, 0.3) is 0 Å². The van der Waals surface area contributed by atoms with Crippen molar-refractivity contribution >= 4 is 6.08 Å². The van der Waals surface area contributed by atoms with E-state index in [-0.39, 0.29) is 0 Å². The molecule has 18 heavy (non-hydrogen) atoms. The molecule has 1 aromatic rings. The van der Waals surface area contributed by atoms with E-state index in [1.54, 1.807) is 0 Å². The van der Waals surface area contributed by atoms with Gasteiger partial charge in [0.2, 0.25) is 0 Å². The minimum Gasteiger partial charge on any atom is -0.299 e. The van der Waals surface area contributed by atoms with E-state index in [1.807, 2.05) is 6.08 Å². The summed E-state index contributed by atoms with van der Waals surface area (Å²) < 4.78 is 0. The van der Waals surface area contributed by atoms with E-state index in [0.29, 0.717) is 0 Å². The smallest absolute Gasteiger partial charge is 0.0233 e. The van der Waals surface area contributed by atoms with Crippen LogP contribution in [0.4, 0.5) is 0 Å². The molecule has 0 aliphatic rings. The molecule has 0 heterocycles. The lowest BCUT2D eigenvalue weighted by molar-refractivity contribution is 0.257. The first-order chi connectivity index (χ1) is 8.80. The average Bonchev–Trinajstić information content (AvgIpc) is 2.42. The molecule has 0 fully saturated rings. The van der Waals surface area contributed by atoms with Gasteiger partial charge >= 0.3 is 0 Å². The van der Waals surface area contributed by atoms with Gasteiger partial charge in [0, 0.05) is 6.54 Å². The van der Waals surface area contributed by atoms with E-state index in [0.717, 1.165) is 6.54 Å². The first-order valence-electron chi connectivity index (χ1n) is 7.23. The fourth-order valence-corrected chi connectivity index (χ4v) is 2.11. The second-order valence-corrected chi connectivity index (χ2v) is 4.93. The van der Waals surface area contributed by atoms with Gasteiger partial charge in [0.15, 0.2) is 0 Å². The molecule has 1 aromatic carbocycles. The van der Waals surface area contributed by atoms with Crippen LogP contribution in [0.25, 0.3) is 6.08 Å². The standard InChI is InChI=1S/C17H27N/c1-4-7-12-18(13-8-5-2)15-17-11-9-10-16(6-3)14-17/h6,9-11,14H,3-5,7-8,12-13,15H2,1-2H3. The third-order valence-electron chi connectivity index (χ3n) is 3.25. The van der Waals surface area contributed by atoms with Gasteiger partial charge < -0.3 is 0 Å². The minimum atomic E-state index is 1.07. The second kappa shape index (κ2) is 8.93. The van der Waals surface area contributed by atoms with Crippen molar-refractivity contribution < 1.29 is 0 Å². The molecular weight excluding hydrogens is 218 g/mol. The molecule has 0 amide bonds. The van der Waals surface area contributed by atoms with Crippen LogP contribution >= 0.6 is 0 Å². The SMILES string of the molecule is C=Cc1cccc(CN(CCCC)CCCC)c1. The van der Waals surface area contributed by atoms with Crippen LogP contribution in [-0.4, -0.2) is 18.0 Å². The molecule has 0 saturated heterocycles. The van der Waals surface area contributed by atoms with E-state index in [9.17, 15) is 0 Å². The molecule has 0 spiro atoms. The Kier molecular flexibility index (Phi) is 7.43. The van der Waals surface area contributed by atoms with Crippen LogP contribution in [0, 0.1) is 0 Å². The molecule has 0 N–H and O–H groups in total. The van der Waals surface area contributed by atoms with Gasteiger partial charge in [-0.25, -0.2) is 0 Å². The summed E-state index contributed by atoms with van der Waals surface area (Å²) in [5, 5.41) is 0. The fraction of sp³-hybridized carbons (Fsp3) is 0.529. The number of hydrogen-bond acceptors (Lipinski definition) is 1. The Morgan fingerprint density at radius 1 is 1.11 bits per heavy atom. The molecule has 1 heteroatoms. The highest BCUT2D eigenvalue weighted by Gasteiger charge is 2.05.